The monoisotopic (exact) mass is 804 g/mol. The van der Waals surface area contributed by atoms with Gasteiger partial charge in [-0.1, -0.05) is 23.2 Å². The summed E-state index contributed by atoms with van der Waals surface area (Å²) in [6.07, 6.45) is -4.48. The van der Waals surface area contributed by atoms with E-state index in [9.17, 15) is 26.7 Å². The molecule has 294 valence electrons. The van der Waals surface area contributed by atoms with Crippen LogP contribution in [0.4, 0.5) is 37.8 Å². The van der Waals surface area contributed by atoms with E-state index in [0.717, 1.165) is 19.0 Å². The van der Waals surface area contributed by atoms with Crippen molar-refractivity contribution in [2.24, 2.45) is 0 Å². The first-order valence-electron chi connectivity index (χ1n) is 17.6. The van der Waals surface area contributed by atoms with E-state index < -0.39 is 46.0 Å². The first-order chi connectivity index (χ1) is 25.7. The molecule has 0 spiro atoms. The fraction of sp³-hybridized carbons (Fsp3) is 0.543. The van der Waals surface area contributed by atoms with Gasteiger partial charge >= 0.3 is 12.2 Å². The standard InChI is InChI=1S/C27H29Cl2F4N7O3.C8H11F2N/c1-4-38(5-2)25(41)23-21(29)17-11-39(7-6-8-40(17)37-23)24-13-12-43-18(10-16(13)35-26(36-24)42-3)19-20(27(31,32)33)14(28)9-15(34)22(19)30;9-8(10)6-4-7-2-1-3-11(7)5-6/h9,18H,4-8,10-12,34H2,1-3H3;7H,1-5H2. The number of nitrogens with two attached hydrogens (primary N) is 1. The Morgan fingerprint density at radius 2 is 1.83 bits per heavy atom. The lowest BCUT2D eigenvalue weighted by atomic mass is 9.93. The van der Waals surface area contributed by atoms with Crippen LogP contribution in [0.3, 0.4) is 0 Å². The fourth-order valence-corrected chi connectivity index (χ4v) is 8.15. The molecule has 11 nitrogen and oxygen atoms in total. The Hall–Kier alpha value is -3.80. The quantitative estimate of drug-likeness (QED) is 0.201. The summed E-state index contributed by atoms with van der Waals surface area (Å²) < 4.78 is 94.2. The number of carbonyl (C=O) groups excluding carboxylic acids is 1. The zero-order valence-electron chi connectivity index (χ0n) is 29.9. The van der Waals surface area contributed by atoms with Crippen molar-refractivity contribution in [3.63, 3.8) is 0 Å². The van der Waals surface area contributed by atoms with Gasteiger partial charge in [-0.05, 0) is 52.1 Å². The van der Waals surface area contributed by atoms with Gasteiger partial charge in [0.1, 0.15) is 5.82 Å². The normalized spacial score (nSPS) is 19.8. The predicted molar refractivity (Wildman–Crippen MR) is 189 cm³/mol. The Kier molecular flexibility index (Phi) is 11.9. The number of amides is 1. The predicted octanol–water partition coefficient (Wildman–Crippen LogP) is 7.44. The van der Waals surface area contributed by atoms with Gasteiger partial charge in [0.05, 0.1) is 59.0 Å². The number of aryl methyl sites for hydroxylation is 1. The van der Waals surface area contributed by atoms with E-state index in [1.165, 1.54) is 13.5 Å². The third-order valence-electron chi connectivity index (χ3n) is 10.3. The van der Waals surface area contributed by atoms with E-state index in [1.807, 2.05) is 18.7 Å². The Bertz CT molecular complexity index is 1920. The first kappa shape index (κ1) is 39.9. The maximum Gasteiger partial charge on any atom is 0.418 e. The molecule has 3 aromatic rings. The molecule has 1 aromatic carbocycles. The van der Waals surface area contributed by atoms with E-state index in [4.69, 9.17) is 38.4 Å². The number of halogens is 8. The maximum absolute atomic E-state index is 15.1. The van der Waals surface area contributed by atoms with E-state index in [0.29, 0.717) is 79.9 Å². The number of benzene rings is 1. The number of hydrogen-bond acceptors (Lipinski definition) is 9. The number of aromatic nitrogens is 4. The van der Waals surface area contributed by atoms with Crippen molar-refractivity contribution in [2.45, 2.75) is 84.0 Å². The summed E-state index contributed by atoms with van der Waals surface area (Å²) in [6.45, 7) is 7.29. The molecule has 7 rings (SSSR count). The molecule has 1 amide bonds. The minimum Gasteiger partial charge on any atom is -0.467 e. The summed E-state index contributed by atoms with van der Waals surface area (Å²) in [6, 6.07) is 1.14. The molecule has 2 N–H and O–H groups in total. The van der Waals surface area contributed by atoms with Gasteiger partial charge in [-0.2, -0.15) is 37.0 Å². The van der Waals surface area contributed by atoms with Crippen LogP contribution in [0, 0.1) is 5.82 Å². The third-order valence-corrected chi connectivity index (χ3v) is 10.9. The lowest BCUT2D eigenvalue weighted by Crippen LogP contribution is -2.31. The number of methoxy groups -OCH3 is 1. The fourth-order valence-electron chi connectivity index (χ4n) is 7.55. The number of alkyl halides is 3. The van der Waals surface area contributed by atoms with Crippen LogP contribution in [0.1, 0.15) is 84.2 Å². The minimum absolute atomic E-state index is 0.0298. The molecule has 4 aliphatic rings. The molecule has 0 saturated carbocycles. The molecule has 0 radical (unpaired) electrons. The Morgan fingerprint density at radius 1 is 1.09 bits per heavy atom. The largest absolute Gasteiger partial charge is 0.467 e. The van der Waals surface area contributed by atoms with Crippen molar-refractivity contribution in [2.75, 3.05) is 50.5 Å². The van der Waals surface area contributed by atoms with Gasteiger partial charge in [0.25, 0.3) is 12.0 Å². The van der Waals surface area contributed by atoms with Crippen LogP contribution < -0.4 is 15.4 Å². The minimum atomic E-state index is -4.96. The average Bonchev–Trinajstić information content (AvgIpc) is 3.79. The SMILES string of the molecule is CCN(CC)C(=O)c1nn2c(c1Cl)CN(c1nc(OC)nc3c1COC(c1c(F)c(N)cc(Cl)c1C(F)(F)F)C3)CCC2.FC(F)=C1CC2CCCN2C1. The molecular formula is C35H40Cl2F6N8O3. The Morgan fingerprint density at radius 3 is 2.48 bits per heavy atom. The van der Waals surface area contributed by atoms with Gasteiger partial charge in [0, 0.05) is 61.9 Å². The van der Waals surface area contributed by atoms with Crippen LogP contribution in [0.2, 0.25) is 10.0 Å². The van der Waals surface area contributed by atoms with Gasteiger partial charge in [0.15, 0.2) is 11.5 Å². The van der Waals surface area contributed by atoms with E-state index in [1.54, 1.807) is 9.58 Å². The summed E-state index contributed by atoms with van der Waals surface area (Å²) in [7, 11) is 1.36. The molecule has 2 unspecified atom stereocenters. The summed E-state index contributed by atoms with van der Waals surface area (Å²) >= 11 is 12.6. The number of fused-ring (bicyclic) bond motifs is 3. The number of carbonyl (C=O) groups is 1. The smallest absolute Gasteiger partial charge is 0.418 e. The van der Waals surface area contributed by atoms with E-state index >= 15 is 4.39 Å². The number of ether oxygens (including phenoxy) is 2. The second-order valence-corrected chi connectivity index (χ2v) is 14.2. The van der Waals surface area contributed by atoms with Crippen molar-refractivity contribution in [3.05, 3.63) is 67.4 Å². The van der Waals surface area contributed by atoms with E-state index in [2.05, 4.69) is 20.0 Å². The molecule has 4 aliphatic heterocycles. The molecule has 2 atom stereocenters. The Labute approximate surface area is 318 Å². The Balaban J connectivity index is 0.000000384. The zero-order valence-corrected chi connectivity index (χ0v) is 31.4. The van der Waals surface area contributed by atoms with Gasteiger partial charge in [-0.15, -0.1) is 0 Å². The van der Waals surface area contributed by atoms with Gasteiger partial charge in [-0.3, -0.25) is 14.4 Å². The summed E-state index contributed by atoms with van der Waals surface area (Å²) in [5.74, 6) is -1.10. The second kappa shape index (κ2) is 16.1. The van der Waals surface area contributed by atoms with Crippen molar-refractivity contribution < 1.29 is 40.6 Å². The molecular weight excluding hydrogens is 765 g/mol. The highest BCUT2D eigenvalue weighted by Gasteiger charge is 2.42. The number of nitrogens with zero attached hydrogens (tertiary/aromatic N) is 7. The van der Waals surface area contributed by atoms with Crippen molar-refractivity contribution in [1.29, 1.82) is 0 Å². The van der Waals surface area contributed by atoms with Gasteiger partial charge in [0.2, 0.25) is 0 Å². The highest BCUT2D eigenvalue weighted by atomic mass is 35.5. The van der Waals surface area contributed by atoms with Crippen LogP contribution >= 0.6 is 23.2 Å². The van der Waals surface area contributed by atoms with Crippen LogP contribution in [0.5, 0.6) is 6.01 Å². The van der Waals surface area contributed by atoms with Crippen LogP contribution in [0.25, 0.3) is 0 Å². The summed E-state index contributed by atoms with van der Waals surface area (Å²) in [4.78, 5) is 27.7. The van der Waals surface area contributed by atoms with Crippen molar-refractivity contribution in [3.8, 4) is 6.01 Å². The first-order valence-corrected chi connectivity index (χ1v) is 18.4. The molecule has 0 bridgehead atoms. The molecule has 54 heavy (non-hydrogen) atoms. The number of anilines is 2. The number of nitrogen functional groups attached to an aromatic ring is 1. The van der Waals surface area contributed by atoms with Crippen molar-refractivity contribution >= 4 is 40.6 Å². The molecule has 0 aliphatic carbocycles. The van der Waals surface area contributed by atoms with Crippen LogP contribution in [-0.2, 0) is 37.0 Å². The molecule has 2 saturated heterocycles. The third kappa shape index (κ3) is 7.82. The molecule has 2 aromatic heterocycles. The lowest BCUT2D eigenvalue weighted by molar-refractivity contribution is -0.140. The van der Waals surface area contributed by atoms with Crippen LogP contribution in [0.15, 0.2) is 17.7 Å². The lowest BCUT2D eigenvalue weighted by Gasteiger charge is -2.31. The maximum atomic E-state index is 15.1. The number of hydrogen-bond donors (Lipinski definition) is 1. The second-order valence-electron chi connectivity index (χ2n) is 13.4. The molecule has 6 heterocycles. The topological polar surface area (TPSA) is 115 Å². The van der Waals surface area contributed by atoms with E-state index in [-0.39, 0.29) is 42.2 Å². The summed E-state index contributed by atoms with van der Waals surface area (Å²) in [5.41, 5.74) is 4.97. The van der Waals surface area contributed by atoms with Crippen LogP contribution in [-0.4, -0.2) is 81.3 Å². The highest BCUT2D eigenvalue weighted by Crippen LogP contribution is 2.46. The van der Waals surface area contributed by atoms with Gasteiger partial charge < -0.3 is 25.0 Å². The molecule has 2 fully saturated rings. The zero-order chi connectivity index (χ0) is 39.1. The van der Waals surface area contributed by atoms with Gasteiger partial charge in [-0.25, -0.2) is 4.39 Å². The average molecular weight is 806 g/mol. The highest BCUT2D eigenvalue weighted by molar-refractivity contribution is 6.34. The molecule has 19 heteroatoms. The number of rotatable bonds is 6. The van der Waals surface area contributed by atoms with Crippen molar-refractivity contribution in [1.82, 2.24) is 29.5 Å². The summed E-state index contributed by atoms with van der Waals surface area (Å²) in [5, 5.41) is 4.02.